The summed E-state index contributed by atoms with van der Waals surface area (Å²) in [5.41, 5.74) is 7.58. The van der Waals surface area contributed by atoms with Crippen molar-refractivity contribution in [2.24, 2.45) is 5.92 Å². The Labute approximate surface area is 188 Å². The summed E-state index contributed by atoms with van der Waals surface area (Å²) < 4.78 is 23.0. The van der Waals surface area contributed by atoms with Crippen LogP contribution in [-0.4, -0.2) is 32.6 Å². The molecule has 0 saturated heterocycles. The first-order chi connectivity index (χ1) is 15.9. The summed E-state index contributed by atoms with van der Waals surface area (Å²) in [4.78, 5) is 4.58. The van der Waals surface area contributed by atoms with Gasteiger partial charge in [-0.1, -0.05) is 30.3 Å². The summed E-state index contributed by atoms with van der Waals surface area (Å²) in [6, 6.07) is 16.5. The van der Waals surface area contributed by atoms with Crippen molar-refractivity contribution in [1.29, 1.82) is 5.26 Å². The normalized spacial score (nSPS) is 23.0. The second-order valence-corrected chi connectivity index (χ2v) is 8.75. The van der Waals surface area contributed by atoms with Crippen LogP contribution in [0.25, 0.3) is 33.4 Å². The topological polar surface area (TPSA) is 110 Å². The molecule has 33 heavy (non-hydrogen) atoms. The van der Waals surface area contributed by atoms with Gasteiger partial charge in [-0.05, 0) is 25.0 Å². The average molecular weight is 441 g/mol. The molecule has 2 heterocycles. The molecular weight excluding hydrogens is 421 g/mol. The SMILES string of the molecule is COc1cc(-c2ccccc2)nc2c(F)c(-c3nn([C@H]4C[C@@]5(O)CC45)c(N)c3C#N)ccc12. The number of nitrogens with zero attached hydrogens (tertiary/aromatic N) is 4. The number of aliphatic hydroxyl groups is 1. The molecule has 0 amide bonds. The van der Waals surface area contributed by atoms with Gasteiger partial charge in [0.2, 0.25) is 0 Å². The van der Waals surface area contributed by atoms with Crippen molar-refractivity contribution in [3.63, 3.8) is 0 Å². The Kier molecular flexibility index (Phi) is 4.04. The number of aromatic nitrogens is 3. The van der Waals surface area contributed by atoms with Gasteiger partial charge < -0.3 is 15.6 Å². The Morgan fingerprint density at radius 3 is 2.67 bits per heavy atom. The lowest BCUT2D eigenvalue weighted by Crippen LogP contribution is -2.34. The van der Waals surface area contributed by atoms with Crippen molar-refractivity contribution in [3.05, 3.63) is 59.9 Å². The van der Waals surface area contributed by atoms with E-state index in [1.165, 1.54) is 7.11 Å². The van der Waals surface area contributed by atoms with Crippen molar-refractivity contribution in [1.82, 2.24) is 14.8 Å². The molecule has 1 unspecified atom stereocenters. The van der Waals surface area contributed by atoms with E-state index in [9.17, 15) is 10.4 Å². The molecule has 2 fully saturated rings. The van der Waals surface area contributed by atoms with Gasteiger partial charge >= 0.3 is 0 Å². The molecule has 164 valence electrons. The molecule has 2 aliphatic carbocycles. The minimum absolute atomic E-state index is 0.0812. The Hall–Kier alpha value is -3.96. The molecule has 2 aromatic heterocycles. The molecule has 0 aliphatic heterocycles. The van der Waals surface area contributed by atoms with Gasteiger partial charge in [0.05, 0.1) is 24.4 Å². The zero-order valence-electron chi connectivity index (χ0n) is 17.8. The smallest absolute Gasteiger partial charge is 0.159 e. The van der Waals surface area contributed by atoms with Crippen LogP contribution in [0.3, 0.4) is 0 Å². The van der Waals surface area contributed by atoms with E-state index in [1.807, 2.05) is 30.3 Å². The van der Waals surface area contributed by atoms with Crippen LogP contribution in [0, 0.1) is 23.1 Å². The number of nitriles is 1. The number of anilines is 1. The van der Waals surface area contributed by atoms with E-state index >= 15 is 4.39 Å². The average Bonchev–Trinajstić information content (AvgIpc) is 3.21. The number of pyridine rings is 1. The second kappa shape index (κ2) is 6.77. The number of ether oxygens (including phenoxy) is 1. The highest BCUT2D eigenvalue weighted by Crippen LogP contribution is 2.65. The Bertz CT molecular complexity index is 1480. The number of hydrogen-bond acceptors (Lipinski definition) is 6. The summed E-state index contributed by atoms with van der Waals surface area (Å²) in [7, 11) is 1.53. The largest absolute Gasteiger partial charge is 0.496 e. The molecule has 2 aliphatic rings. The lowest BCUT2D eigenvalue weighted by atomic mass is 9.90. The number of benzene rings is 2. The highest BCUT2D eigenvalue weighted by molar-refractivity contribution is 5.92. The maximum Gasteiger partial charge on any atom is 0.159 e. The number of fused-ring (bicyclic) bond motifs is 2. The Morgan fingerprint density at radius 2 is 2.03 bits per heavy atom. The van der Waals surface area contributed by atoms with Crippen LogP contribution in [0.1, 0.15) is 24.4 Å². The van der Waals surface area contributed by atoms with Gasteiger partial charge in [-0.15, -0.1) is 0 Å². The highest BCUT2D eigenvalue weighted by atomic mass is 19.1. The molecule has 3 N–H and O–H groups in total. The van der Waals surface area contributed by atoms with Gasteiger partial charge in [0, 0.05) is 28.5 Å². The molecule has 3 atom stereocenters. The summed E-state index contributed by atoms with van der Waals surface area (Å²) in [5, 5.41) is 25.0. The van der Waals surface area contributed by atoms with Crippen LogP contribution in [0.2, 0.25) is 0 Å². The van der Waals surface area contributed by atoms with Gasteiger partial charge in [-0.3, -0.25) is 0 Å². The zero-order valence-corrected chi connectivity index (χ0v) is 17.8. The fourth-order valence-corrected chi connectivity index (χ4v) is 4.99. The molecule has 4 aromatic rings. The van der Waals surface area contributed by atoms with Crippen molar-refractivity contribution in [2.75, 3.05) is 12.8 Å². The van der Waals surface area contributed by atoms with Crippen LogP contribution >= 0.6 is 0 Å². The van der Waals surface area contributed by atoms with Crippen LogP contribution < -0.4 is 10.5 Å². The number of nitrogen functional groups attached to an aromatic ring is 1. The Morgan fingerprint density at radius 1 is 1.24 bits per heavy atom. The van der Waals surface area contributed by atoms with E-state index in [-0.39, 0.29) is 40.1 Å². The van der Waals surface area contributed by atoms with E-state index < -0.39 is 11.4 Å². The first kappa shape index (κ1) is 19.7. The number of hydrogen-bond donors (Lipinski definition) is 2. The number of halogens is 1. The highest BCUT2D eigenvalue weighted by Gasteiger charge is 2.68. The first-order valence-electron chi connectivity index (χ1n) is 10.7. The van der Waals surface area contributed by atoms with Crippen LogP contribution in [0.4, 0.5) is 10.2 Å². The second-order valence-electron chi connectivity index (χ2n) is 8.75. The van der Waals surface area contributed by atoms with Gasteiger partial charge in [0.15, 0.2) is 5.82 Å². The minimum atomic E-state index is -0.626. The van der Waals surface area contributed by atoms with E-state index in [0.717, 1.165) is 5.56 Å². The standard InChI is InChI=1S/C25H20FN5O2/c1-33-20-9-18(13-5-3-2-4-6-13)29-23-14(20)7-8-15(21(23)26)22-16(12-27)24(28)31(30-22)19-11-25(32)10-17(19)25/h2-9,17,19,32H,10-11,28H2,1H3/t17?,19-,25-/m0/s1. The fourth-order valence-electron chi connectivity index (χ4n) is 4.99. The molecule has 2 aromatic carbocycles. The van der Waals surface area contributed by atoms with E-state index in [0.29, 0.717) is 29.7 Å². The summed E-state index contributed by atoms with van der Waals surface area (Å²) in [6.07, 6.45) is 1.23. The van der Waals surface area contributed by atoms with E-state index in [2.05, 4.69) is 16.2 Å². The van der Waals surface area contributed by atoms with Crippen LogP contribution in [0.15, 0.2) is 48.5 Å². The van der Waals surface area contributed by atoms with Crippen molar-refractivity contribution >= 4 is 16.7 Å². The third kappa shape index (κ3) is 2.76. The molecule has 7 nitrogen and oxygen atoms in total. The summed E-state index contributed by atoms with van der Waals surface area (Å²) in [6.45, 7) is 0. The fraction of sp³-hybridized carbons (Fsp3) is 0.240. The molecule has 0 bridgehead atoms. The third-order valence-corrected chi connectivity index (χ3v) is 6.93. The quantitative estimate of drug-likeness (QED) is 0.494. The molecule has 0 spiro atoms. The van der Waals surface area contributed by atoms with Crippen molar-refractivity contribution < 1.29 is 14.2 Å². The molecule has 6 rings (SSSR count). The molecular formula is C25H20FN5O2. The maximum absolute atomic E-state index is 15.9. The monoisotopic (exact) mass is 441 g/mol. The Balaban J connectivity index is 1.53. The predicted octanol–water partition coefficient (Wildman–Crippen LogP) is 4.06. The zero-order chi connectivity index (χ0) is 22.9. The maximum atomic E-state index is 15.9. The lowest BCUT2D eigenvalue weighted by Gasteiger charge is -2.31. The van der Waals surface area contributed by atoms with Gasteiger partial charge in [-0.25, -0.2) is 14.1 Å². The van der Waals surface area contributed by atoms with E-state index in [1.54, 1.807) is 22.9 Å². The molecule has 0 radical (unpaired) electrons. The minimum Gasteiger partial charge on any atom is -0.496 e. The van der Waals surface area contributed by atoms with Gasteiger partial charge in [0.1, 0.15) is 34.4 Å². The lowest BCUT2D eigenvalue weighted by molar-refractivity contribution is 0.0267. The van der Waals surface area contributed by atoms with Crippen molar-refractivity contribution in [2.45, 2.75) is 24.5 Å². The molecule has 8 heteroatoms. The number of methoxy groups -OCH3 is 1. The van der Waals surface area contributed by atoms with Gasteiger partial charge in [0.25, 0.3) is 0 Å². The van der Waals surface area contributed by atoms with Crippen LogP contribution in [0.5, 0.6) is 5.75 Å². The van der Waals surface area contributed by atoms with Crippen molar-refractivity contribution in [3.8, 4) is 34.3 Å². The third-order valence-electron chi connectivity index (χ3n) is 6.93. The predicted molar refractivity (Wildman–Crippen MR) is 121 cm³/mol. The van der Waals surface area contributed by atoms with Crippen LogP contribution in [-0.2, 0) is 0 Å². The summed E-state index contributed by atoms with van der Waals surface area (Å²) in [5.74, 6) is 0.174. The van der Waals surface area contributed by atoms with E-state index in [4.69, 9.17) is 10.5 Å². The van der Waals surface area contributed by atoms with Gasteiger partial charge in [-0.2, -0.15) is 10.4 Å². The summed E-state index contributed by atoms with van der Waals surface area (Å²) >= 11 is 0. The molecule has 2 saturated carbocycles. The first-order valence-corrected chi connectivity index (χ1v) is 10.7. The number of rotatable bonds is 4. The number of nitrogens with two attached hydrogens (primary N) is 1.